The summed E-state index contributed by atoms with van der Waals surface area (Å²) in [6, 6.07) is 9.02. The number of nitriles is 1. The van der Waals surface area contributed by atoms with Gasteiger partial charge in [-0.05, 0) is 37.6 Å². The van der Waals surface area contributed by atoms with Crippen LogP contribution in [0.25, 0.3) is 6.08 Å². The van der Waals surface area contributed by atoms with Gasteiger partial charge in [-0.3, -0.25) is 0 Å². The predicted octanol–water partition coefficient (Wildman–Crippen LogP) is 2.84. The van der Waals surface area contributed by atoms with E-state index >= 15 is 0 Å². The van der Waals surface area contributed by atoms with Crippen LogP contribution in [-0.2, 0) is 9.47 Å². The molecule has 4 heteroatoms. The van der Waals surface area contributed by atoms with E-state index < -0.39 is 11.8 Å². The molecule has 86 valence electrons. The fourth-order valence-corrected chi connectivity index (χ4v) is 1.50. The molecule has 0 atom stereocenters. The topological polar surface area (TPSA) is 59.3 Å². The van der Waals surface area contributed by atoms with Gasteiger partial charge in [0, 0.05) is 0 Å². The molecule has 1 saturated heterocycles. The Balaban J connectivity index is 2.30. The molecular formula is C13H11NO3. The maximum absolute atomic E-state index is 11.0. The van der Waals surface area contributed by atoms with Crippen LogP contribution < -0.4 is 0 Å². The summed E-state index contributed by atoms with van der Waals surface area (Å²) in [5.41, 5.74) is 0.696. The lowest BCUT2D eigenvalue weighted by Gasteiger charge is -2.13. The zero-order valence-corrected chi connectivity index (χ0v) is 9.56. The molecule has 0 saturated carbocycles. The van der Waals surface area contributed by atoms with Crippen molar-refractivity contribution in [3.05, 3.63) is 41.2 Å². The average Bonchev–Trinajstić information content (AvgIpc) is 2.53. The highest BCUT2D eigenvalue weighted by atomic mass is 16.8. The second kappa shape index (κ2) is 3.95. The first-order valence-electron chi connectivity index (χ1n) is 5.14. The Hall–Kier alpha value is -2.28. The fraction of sp³-hybridized carbons (Fsp3) is 0.231. The van der Waals surface area contributed by atoms with Crippen molar-refractivity contribution < 1.29 is 14.3 Å². The van der Waals surface area contributed by atoms with Crippen LogP contribution in [0.5, 0.6) is 0 Å². The SMILES string of the molecule is CC1(C)OC(=O)O/C1=C/c1ccc(C#N)cc1. The first-order valence-corrected chi connectivity index (χ1v) is 5.14. The molecule has 2 rings (SSSR count). The summed E-state index contributed by atoms with van der Waals surface area (Å²) < 4.78 is 9.97. The summed E-state index contributed by atoms with van der Waals surface area (Å²) in [6.07, 6.45) is 1.04. The zero-order chi connectivity index (χ0) is 12.5. The molecule has 1 fully saturated rings. The molecular weight excluding hydrogens is 218 g/mol. The van der Waals surface area contributed by atoms with Gasteiger partial charge in [0.15, 0.2) is 11.4 Å². The van der Waals surface area contributed by atoms with Gasteiger partial charge in [-0.2, -0.15) is 5.26 Å². The minimum atomic E-state index is -0.745. The Bertz CT molecular complexity index is 521. The summed E-state index contributed by atoms with van der Waals surface area (Å²) in [6.45, 7) is 3.51. The predicted molar refractivity (Wildman–Crippen MR) is 60.8 cm³/mol. The minimum Gasteiger partial charge on any atom is -0.420 e. The third-order valence-corrected chi connectivity index (χ3v) is 2.46. The van der Waals surface area contributed by atoms with Crippen LogP contribution in [0.4, 0.5) is 4.79 Å². The van der Waals surface area contributed by atoms with Gasteiger partial charge in [-0.15, -0.1) is 0 Å². The van der Waals surface area contributed by atoms with Crippen LogP contribution in [0.2, 0.25) is 0 Å². The Morgan fingerprint density at radius 3 is 2.41 bits per heavy atom. The van der Waals surface area contributed by atoms with Gasteiger partial charge in [0.25, 0.3) is 0 Å². The molecule has 1 aliphatic rings. The van der Waals surface area contributed by atoms with E-state index in [0.717, 1.165) is 5.56 Å². The maximum atomic E-state index is 11.0. The second-order valence-electron chi connectivity index (χ2n) is 4.21. The van der Waals surface area contributed by atoms with Gasteiger partial charge in [0.1, 0.15) is 0 Å². The largest absolute Gasteiger partial charge is 0.514 e. The first-order chi connectivity index (χ1) is 8.01. The van der Waals surface area contributed by atoms with Crippen LogP contribution >= 0.6 is 0 Å². The smallest absolute Gasteiger partial charge is 0.420 e. The van der Waals surface area contributed by atoms with Gasteiger partial charge >= 0.3 is 6.16 Å². The normalized spacial score (nSPS) is 19.6. The molecule has 0 spiro atoms. The molecule has 1 aliphatic heterocycles. The lowest BCUT2D eigenvalue weighted by Crippen LogP contribution is -2.20. The standard InChI is InChI=1S/C13H11NO3/c1-13(2)11(16-12(15)17-13)7-9-3-5-10(8-14)6-4-9/h3-7H,1-2H3/b11-7+. The summed E-state index contributed by atoms with van der Waals surface area (Å²) >= 11 is 0. The lowest BCUT2D eigenvalue weighted by atomic mass is 10.0. The molecule has 0 amide bonds. The molecule has 0 aromatic heterocycles. The molecule has 1 aromatic carbocycles. The van der Waals surface area contributed by atoms with Gasteiger partial charge in [0.2, 0.25) is 0 Å². The Kier molecular flexibility index (Phi) is 2.60. The third kappa shape index (κ3) is 2.28. The van der Waals surface area contributed by atoms with Crippen molar-refractivity contribution in [2.45, 2.75) is 19.4 Å². The van der Waals surface area contributed by atoms with Gasteiger partial charge < -0.3 is 9.47 Å². The van der Waals surface area contributed by atoms with Crippen molar-refractivity contribution in [1.82, 2.24) is 0 Å². The van der Waals surface area contributed by atoms with Gasteiger partial charge in [-0.1, -0.05) is 12.1 Å². The lowest BCUT2D eigenvalue weighted by molar-refractivity contribution is 0.0873. The van der Waals surface area contributed by atoms with E-state index in [1.807, 2.05) is 6.07 Å². The number of hydrogen-bond acceptors (Lipinski definition) is 4. The van der Waals surface area contributed by atoms with E-state index in [1.165, 1.54) is 0 Å². The van der Waals surface area contributed by atoms with Crippen molar-refractivity contribution in [2.24, 2.45) is 0 Å². The molecule has 17 heavy (non-hydrogen) atoms. The summed E-state index contributed by atoms with van der Waals surface area (Å²) in [4.78, 5) is 11.0. The number of benzene rings is 1. The third-order valence-electron chi connectivity index (χ3n) is 2.46. The highest BCUT2D eigenvalue weighted by Crippen LogP contribution is 2.31. The molecule has 0 unspecified atom stereocenters. The number of nitrogens with zero attached hydrogens (tertiary/aromatic N) is 1. The van der Waals surface area contributed by atoms with Crippen LogP contribution in [0, 0.1) is 11.3 Å². The van der Waals surface area contributed by atoms with E-state index in [-0.39, 0.29) is 0 Å². The Morgan fingerprint density at radius 2 is 1.94 bits per heavy atom. The monoisotopic (exact) mass is 229 g/mol. The van der Waals surface area contributed by atoms with Crippen LogP contribution in [0.1, 0.15) is 25.0 Å². The first kappa shape index (κ1) is 11.2. The van der Waals surface area contributed by atoms with Crippen LogP contribution in [0.15, 0.2) is 30.0 Å². The summed E-state index contributed by atoms with van der Waals surface area (Å²) in [7, 11) is 0. The second-order valence-corrected chi connectivity index (χ2v) is 4.21. The number of carbonyl (C=O) groups is 1. The minimum absolute atomic E-state index is 0.465. The number of carbonyl (C=O) groups excluding carboxylic acids is 1. The fourth-order valence-electron chi connectivity index (χ4n) is 1.50. The molecule has 1 heterocycles. The van der Waals surface area contributed by atoms with Crippen LogP contribution in [0.3, 0.4) is 0 Å². The number of ether oxygens (including phenoxy) is 2. The summed E-state index contributed by atoms with van der Waals surface area (Å²) in [5, 5.41) is 8.68. The van der Waals surface area contributed by atoms with Crippen LogP contribution in [-0.4, -0.2) is 11.8 Å². The van der Waals surface area contributed by atoms with Crippen molar-refractivity contribution >= 4 is 12.2 Å². The number of rotatable bonds is 1. The van der Waals surface area contributed by atoms with E-state index in [1.54, 1.807) is 44.2 Å². The van der Waals surface area contributed by atoms with E-state index in [0.29, 0.717) is 11.3 Å². The van der Waals surface area contributed by atoms with E-state index in [9.17, 15) is 4.79 Å². The average molecular weight is 229 g/mol. The quantitative estimate of drug-likeness (QED) is 0.695. The van der Waals surface area contributed by atoms with Crippen molar-refractivity contribution in [3.8, 4) is 6.07 Å². The van der Waals surface area contributed by atoms with Gasteiger partial charge in [-0.25, -0.2) is 4.79 Å². The van der Waals surface area contributed by atoms with Crippen molar-refractivity contribution in [3.63, 3.8) is 0 Å². The highest BCUT2D eigenvalue weighted by Gasteiger charge is 2.39. The molecule has 4 nitrogen and oxygen atoms in total. The molecule has 0 bridgehead atoms. The highest BCUT2D eigenvalue weighted by molar-refractivity contribution is 5.69. The Labute approximate surface area is 99.1 Å². The molecule has 1 aromatic rings. The van der Waals surface area contributed by atoms with E-state index in [4.69, 9.17) is 14.7 Å². The zero-order valence-electron chi connectivity index (χ0n) is 9.56. The molecule has 0 radical (unpaired) electrons. The van der Waals surface area contributed by atoms with E-state index in [2.05, 4.69) is 0 Å². The van der Waals surface area contributed by atoms with Crippen molar-refractivity contribution in [2.75, 3.05) is 0 Å². The van der Waals surface area contributed by atoms with Crippen molar-refractivity contribution in [1.29, 1.82) is 5.26 Å². The number of hydrogen-bond donors (Lipinski definition) is 0. The Morgan fingerprint density at radius 1 is 1.29 bits per heavy atom. The maximum Gasteiger partial charge on any atom is 0.514 e. The molecule has 0 aliphatic carbocycles. The number of cyclic esters (lactones) is 2. The summed E-state index contributed by atoms with van der Waals surface area (Å²) in [5.74, 6) is 0.465. The molecule has 0 N–H and O–H groups in total. The van der Waals surface area contributed by atoms with Gasteiger partial charge in [0.05, 0.1) is 11.6 Å².